The van der Waals surface area contributed by atoms with Crippen molar-refractivity contribution >= 4 is 98.0 Å². The van der Waals surface area contributed by atoms with E-state index in [1.54, 1.807) is 0 Å². The second kappa shape index (κ2) is 11.7. The van der Waals surface area contributed by atoms with Crippen LogP contribution in [0.1, 0.15) is 11.8 Å². The van der Waals surface area contributed by atoms with Gasteiger partial charge in [-0.15, -0.1) is 11.3 Å². The Morgan fingerprint density at radius 1 is 0.545 bits per heavy atom. The molecule has 55 heavy (non-hydrogen) atoms. The van der Waals surface area contributed by atoms with E-state index in [1.165, 1.54) is 36.5 Å². The number of para-hydroxylation sites is 3. The van der Waals surface area contributed by atoms with Gasteiger partial charge >= 0.3 is 0 Å². The molecule has 12 rings (SSSR count). The SMILES string of the molecule is c1ccc(C2Nc3ccc4oc5cc(N(c6ccc7sc8ccccc8c7c6)c6cccc7c8ccccc8n(-c8ccccc8)c67)ccc5c4c3O2)cc1. The number of thiophene rings is 1. The van der Waals surface area contributed by atoms with Crippen LogP contribution in [0.3, 0.4) is 0 Å². The predicted molar refractivity (Wildman–Crippen MR) is 229 cm³/mol. The zero-order valence-electron chi connectivity index (χ0n) is 29.4. The number of nitrogens with zero attached hydrogens (tertiary/aromatic N) is 2. The van der Waals surface area contributed by atoms with Gasteiger partial charge in [-0.3, -0.25) is 0 Å². The minimum atomic E-state index is -0.263. The summed E-state index contributed by atoms with van der Waals surface area (Å²) in [5.41, 5.74) is 10.2. The number of anilines is 4. The van der Waals surface area contributed by atoms with Crippen molar-refractivity contribution in [3.05, 3.63) is 181 Å². The Kier molecular flexibility index (Phi) is 6.50. The van der Waals surface area contributed by atoms with E-state index in [-0.39, 0.29) is 6.23 Å². The number of benzene rings is 8. The molecule has 0 saturated heterocycles. The molecule has 0 bridgehead atoms. The Balaban J connectivity index is 1.11. The molecule has 8 aromatic carbocycles. The average Bonchev–Trinajstić information content (AvgIpc) is 4.02. The molecule has 6 heteroatoms. The molecule has 0 saturated carbocycles. The molecule has 0 radical (unpaired) electrons. The second-order valence-electron chi connectivity index (χ2n) is 14.1. The number of rotatable bonds is 5. The molecule has 1 atom stereocenters. The lowest BCUT2D eigenvalue weighted by Gasteiger charge is -2.27. The van der Waals surface area contributed by atoms with Gasteiger partial charge in [-0.1, -0.05) is 97.1 Å². The van der Waals surface area contributed by atoms with E-state index in [0.29, 0.717) is 0 Å². The number of ether oxygens (including phenoxy) is 1. The highest BCUT2D eigenvalue weighted by molar-refractivity contribution is 7.25. The first-order valence-electron chi connectivity index (χ1n) is 18.5. The fourth-order valence-corrected chi connectivity index (χ4v) is 9.66. The fourth-order valence-electron chi connectivity index (χ4n) is 8.57. The smallest absolute Gasteiger partial charge is 0.196 e. The summed E-state index contributed by atoms with van der Waals surface area (Å²) in [5, 5.41) is 10.5. The lowest BCUT2D eigenvalue weighted by molar-refractivity contribution is 0.263. The Labute approximate surface area is 319 Å². The van der Waals surface area contributed by atoms with Gasteiger partial charge in [0.2, 0.25) is 0 Å². The third-order valence-electron chi connectivity index (χ3n) is 11.0. The quantitative estimate of drug-likeness (QED) is 0.192. The van der Waals surface area contributed by atoms with Crippen LogP contribution in [0, 0.1) is 0 Å². The molecular weight excluding hydrogens is 695 g/mol. The van der Waals surface area contributed by atoms with Gasteiger partial charge in [-0.05, 0) is 72.8 Å². The molecule has 5 nitrogen and oxygen atoms in total. The van der Waals surface area contributed by atoms with Crippen LogP contribution in [-0.2, 0) is 0 Å². The van der Waals surface area contributed by atoms with Gasteiger partial charge in [0, 0.05) is 65.0 Å². The summed E-state index contributed by atoms with van der Waals surface area (Å²) in [7, 11) is 0. The largest absolute Gasteiger partial charge is 0.464 e. The lowest BCUT2D eigenvalue weighted by atomic mass is 10.1. The van der Waals surface area contributed by atoms with Gasteiger partial charge in [0.05, 0.1) is 27.8 Å². The maximum Gasteiger partial charge on any atom is 0.196 e. The number of hydrogen-bond acceptors (Lipinski definition) is 5. The van der Waals surface area contributed by atoms with Crippen LogP contribution >= 0.6 is 11.3 Å². The predicted octanol–water partition coefficient (Wildman–Crippen LogP) is 14.0. The molecule has 260 valence electrons. The minimum Gasteiger partial charge on any atom is -0.464 e. The Bertz CT molecular complexity index is 3290. The molecule has 11 aromatic rings. The van der Waals surface area contributed by atoms with Crippen molar-refractivity contribution in [3.63, 3.8) is 0 Å². The highest BCUT2D eigenvalue weighted by Gasteiger charge is 2.28. The van der Waals surface area contributed by atoms with E-state index in [4.69, 9.17) is 9.15 Å². The van der Waals surface area contributed by atoms with Crippen molar-refractivity contribution in [2.75, 3.05) is 10.2 Å². The highest BCUT2D eigenvalue weighted by atomic mass is 32.1. The number of hydrogen-bond donors (Lipinski definition) is 1. The van der Waals surface area contributed by atoms with Gasteiger partial charge in [-0.25, -0.2) is 0 Å². The highest BCUT2D eigenvalue weighted by Crippen LogP contribution is 2.49. The summed E-state index contributed by atoms with van der Waals surface area (Å²) in [6.07, 6.45) is -0.263. The van der Waals surface area contributed by atoms with E-state index < -0.39 is 0 Å². The standard InChI is InChI=1S/C49H31N3O2S/c1-3-12-30(13-4-1)49-50-39-25-26-42-46(48(39)54-49)37-24-22-33(29-43(37)53-42)51(32-23-27-45-38(28-32)35-17-8-10-21-44(35)55-45)41-20-11-18-36-34-16-7-9-19-40(34)52(47(36)41)31-14-5-2-6-15-31/h1-29,49-50H. The third-order valence-corrected chi connectivity index (χ3v) is 12.2. The van der Waals surface area contributed by atoms with Crippen LogP contribution in [0.2, 0.25) is 0 Å². The molecule has 1 unspecified atom stereocenters. The second-order valence-corrected chi connectivity index (χ2v) is 15.2. The van der Waals surface area contributed by atoms with Crippen LogP contribution in [0.4, 0.5) is 22.7 Å². The molecule has 1 aliphatic rings. The zero-order valence-corrected chi connectivity index (χ0v) is 30.3. The molecule has 0 amide bonds. The number of fused-ring (bicyclic) bond motifs is 11. The van der Waals surface area contributed by atoms with Crippen LogP contribution in [0.15, 0.2) is 180 Å². The molecule has 4 heterocycles. The summed E-state index contributed by atoms with van der Waals surface area (Å²) < 4.78 is 18.3. The van der Waals surface area contributed by atoms with Gasteiger partial charge in [0.1, 0.15) is 11.2 Å². The lowest BCUT2D eigenvalue weighted by Crippen LogP contribution is -2.11. The van der Waals surface area contributed by atoms with Crippen LogP contribution in [0.5, 0.6) is 5.75 Å². The molecule has 0 aliphatic carbocycles. The first-order valence-corrected chi connectivity index (χ1v) is 19.3. The maximum absolute atomic E-state index is 6.69. The molecule has 0 fully saturated rings. The fraction of sp³-hybridized carbons (Fsp3) is 0.0204. The average molecular weight is 726 g/mol. The summed E-state index contributed by atoms with van der Waals surface area (Å²) in [5.74, 6) is 0.821. The van der Waals surface area contributed by atoms with Crippen molar-refractivity contribution < 1.29 is 9.15 Å². The monoisotopic (exact) mass is 725 g/mol. The maximum atomic E-state index is 6.69. The van der Waals surface area contributed by atoms with E-state index >= 15 is 0 Å². The summed E-state index contributed by atoms with van der Waals surface area (Å²) in [4.78, 5) is 2.40. The zero-order chi connectivity index (χ0) is 36.0. The first-order chi connectivity index (χ1) is 27.3. The van der Waals surface area contributed by atoms with Gasteiger partial charge in [-0.2, -0.15) is 0 Å². The molecule has 3 aromatic heterocycles. The van der Waals surface area contributed by atoms with E-state index in [0.717, 1.165) is 67.2 Å². The Hall–Kier alpha value is -7.02. The van der Waals surface area contributed by atoms with Crippen LogP contribution in [-0.4, -0.2) is 4.57 Å². The van der Waals surface area contributed by atoms with Crippen LogP contribution < -0.4 is 15.0 Å². The van der Waals surface area contributed by atoms with Crippen molar-refractivity contribution in [2.24, 2.45) is 0 Å². The van der Waals surface area contributed by atoms with Gasteiger partial charge in [0.15, 0.2) is 12.0 Å². The van der Waals surface area contributed by atoms with Crippen LogP contribution in [0.25, 0.3) is 69.6 Å². The number of nitrogens with one attached hydrogen (secondary N) is 1. The van der Waals surface area contributed by atoms with Crippen molar-refractivity contribution in [2.45, 2.75) is 6.23 Å². The normalized spacial score (nSPS) is 13.9. The molecule has 1 N–H and O–H groups in total. The van der Waals surface area contributed by atoms with Gasteiger partial charge in [0.25, 0.3) is 0 Å². The number of furan rings is 1. The molecule has 1 aliphatic heterocycles. The minimum absolute atomic E-state index is 0.263. The van der Waals surface area contributed by atoms with E-state index in [2.05, 4.69) is 166 Å². The Morgan fingerprint density at radius 3 is 2.16 bits per heavy atom. The van der Waals surface area contributed by atoms with E-state index in [1.807, 2.05) is 35.6 Å². The van der Waals surface area contributed by atoms with Gasteiger partial charge < -0.3 is 23.9 Å². The van der Waals surface area contributed by atoms with Crippen molar-refractivity contribution in [1.82, 2.24) is 4.57 Å². The Morgan fingerprint density at radius 2 is 1.27 bits per heavy atom. The number of aromatic nitrogens is 1. The summed E-state index contributed by atoms with van der Waals surface area (Å²) in [6, 6.07) is 62.6. The first kappa shape index (κ1) is 30.4. The van der Waals surface area contributed by atoms with Crippen molar-refractivity contribution in [3.8, 4) is 11.4 Å². The third kappa shape index (κ3) is 4.59. The molecular formula is C49H31N3O2S. The topological polar surface area (TPSA) is 42.6 Å². The summed E-state index contributed by atoms with van der Waals surface area (Å²) >= 11 is 1.84. The van der Waals surface area contributed by atoms with Crippen molar-refractivity contribution in [1.29, 1.82) is 0 Å². The summed E-state index contributed by atoms with van der Waals surface area (Å²) in [6.45, 7) is 0. The van der Waals surface area contributed by atoms with E-state index in [9.17, 15) is 0 Å². The molecule has 0 spiro atoms.